The monoisotopic (exact) mass is 385 g/mol. The molecule has 0 saturated heterocycles. The minimum Gasteiger partial charge on any atom is -0.274 e. The van der Waals surface area contributed by atoms with Gasteiger partial charge in [-0.25, -0.2) is 0 Å². The summed E-state index contributed by atoms with van der Waals surface area (Å²) in [6.07, 6.45) is 0.00162. The highest BCUT2D eigenvalue weighted by Crippen LogP contribution is 2.24. The van der Waals surface area contributed by atoms with E-state index >= 15 is 0 Å². The van der Waals surface area contributed by atoms with E-state index in [0.29, 0.717) is 11.1 Å². The maximum absolute atomic E-state index is 12.6. The summed E-state index contributed by atoms with van der Waals surface area (Å²) < 4.78 is 0. The van der Waals surface area contributed by atoms with Crippen LogP contribution < -0.4 is 10.4 Å². The lowest BCUT2D eigenvalue weighted by Gasteiger charge is -2.26. The van der Waals surface area contributed by atoms with Gasteiger partial charge in [0.15, 0.2) is 0 Å². The van der Waals surface area contributed by atoms with E-state index < -0.39 is 0 Å². The first-order valence-corrected chi connectivity index (χ1v) is 9.30. The van der Waals surface area contributed by atoms with E-state index in [-0.39, 0.29) is 30.7 Å². The number of benzene rings is 3. The van der Waals surface area contributed by atoms with Crippen molar-refractivity contribution in [3.63, 3.8) is 0 Å². The first-order chi connectivity index (χ1) is 14.1. The number of amides is 3. The lowest BCUT2D eigenvalue weighted by atomic mass is 10.1. The molecule has 6 heteroatoms. The lowest BCUT2D eigenvalue weighted by molar-refractivity contribution is -0.121. The SMILES string of the molecule is O=C(CCN1C(=O)c2ccccc2C1=O)NN(c1ccccc1)c1ccccc1. The first-order valence-electron chi connectivity index (χ1n) is 9.30. The van der Waals surface area contributed by atoms with E-state index in [0.717, 1.165) is 16.3 Å². The number of para-hydroxylation sites is 2. The number of anilines is 2. The van der Waals surface area contributed by atoms with Crippen LogP contribution in [0.5, 0.6) is 0 Å². The third-order valence-electron chi connectivity index (χ3n) is 4.71. The predicted octanol–water partition coefficient (Wildman–Crippen LogP) is 3.54. The van der Waals surface area contributed by atoms with Crippen LogP contribution >= 0.6 is 0 Å². The van der Waals surface area contributed by atoms with Crippen LogP contribution in [0.2, 0.25) is 0 Å². The van der Waals surface area contributed by atoms with E-state index in [2.05, 4.69) is 5.43 Å². The molecular weight excluding hydrogens is 366 g/mol. The quantitative estimate of drug-likeness (QED) is 0.520. The summed E-state index contributed by atoms with van der Waals surface area (Å²) in [5.74, 6) is -1.02. The molecule has 3 aromatic carbocycles. The van der Waals surface area contributed by atoms with Crippen LogP contribution in [0, 0.1) is 0 Å². The Kier molecular flexibility index (Phi) is 5.07. The second-order valence-electron chi connectivity index (χ2n) is 6.60. The standard InChI is InChI=1S/C23H19N3O3/c27-21(15-16-25-22(28)19-13-7-8-14-20(19)23(25)29)24-26(17-9-3-1-4-10-17)18-11-5-2-6-12-18/h1-14H,15-16H2,(H,24,27). The average molecular weight is 385 g/mol. The average Bonchev–Trinajstić information content (AvgIpc) is 3.02. The molecule has 0 bridgehead atoms. The van der Waals surface area contributed by atoms with Crippen LogP contribution in [-0.2, 0) is 4.79 Å². The van der Waals surface area contributed by atoms with E-state index in [1.54, 1.807) is 29.3 Å². The highest BCUT2D eigenvalue weighted by Gasteiger charge is 2.35. The molecule has 0 fully saturated rings. The molecule has 6 nitrogen and oxygen atoms in total. The summed E-state index contributed by atoms with van der Waals surface area (Å²) in [7, 11) is 0. The molecular formula is C23H19N3O3. The number of hydrogen-bond donors (Lipinski definition) is 1. The summed E-state index contributed by atoms with van der Waals surface area (Å²) in [5, 5.41) is 1.69. The maximum Gasteiger partial charge on any atom is 0.261 e. The zero-order valence-corrected chi connectivity index (χ0v) is 15.6. The van der Waals surface area contributed by atoms with Crippen molar-refractivity contribution in [3.05, 3.63) is 96.1 Å². The van der Waals surface area contributed by atoms with Crippen molar-refractivity contribution >= 4 is 29.1 Å². The van der Waals surface area contributed by atoms with Gasteiger partial charge in [-0.3, -0.25) is 29.7 Å². The highest BCUT2D eigenvalue weighted by molar-refractivity contribution is 6.21. The van der Waals surface area contributed by atoms with Crippen LogP contribution in [-0.4, -0.2) is 29.2 Å². The number of nitrogens with zero attached hydrogens (tertiary/aromatic N) is 2. The molecule has 1 aliphatic rings. The molecule has 0 aromatic heterocycles. The van der Waals surface area contributed by atoms with Crippen molar-refractivity contribution in [2.75, 3.05) is 11.6 Å². The number of fused-ring (bicyclic) bond motifs is 1. The minimum atomic E-state index is -0.360. The fourth-order valence-electron chi connectivity index (χ4n) is 3.27. The first kappa shape index (κ1) is 18.4. The van der Waals surface area contributed by atoms with Gasteiger partial charge in [-0.05, 0) is 36.4 Å². The summed E-state index contributed by atoms with van der Waals surface area (Å²) in [6.45, 7) is 0.0234. The zero-order valence-electron chi connectivity index (χ0n) is 15.6. The summed E-state index contributed by atoms with van der Waals surface area (Å²) in [6, 6.07) is 25.6. The Morgan fingerprint density at radius 1 is 0.724 bits per heavy atom. The molecule has 1 N–H and O–H groups in total. The molecule has 0 unspecified atom stereocenters. The summed E-state index contributed by atoms with van der Waals surface area (Å²) in [4.78, 5) is 38.7. The topological polar surface area (TPSA) is 69.7 Å². The van der Waals surface area contributed by atoms with E-state index in [4.69, 9.17) is 0 Å². The van der Waals surface area contributed by atoms with Crippen molar-refractivity contribution in [1.29, 1.82) is 0 Å². The number of rotatable bonds is 6. The summed E-state index contributed by atoms with van der Waals surface area (Å²) >= 11 is 0. The molecule has 1 heterocycles. The Labute approximate surface area is 168 Å². The van der Waals surface area contributed by atoms with Crippen LogP contribution in [0.3, 0.4) is 0 Å². The summed E-state index contributed by atoms with van der Waals surface area (Å²) in [5.41, 5.74) is 5.23. The molecule has 1 aliphatic heterocycles. The largest absolute Gasteiger partial charge is 0.274 e. The molecule has 144 valence electrons. The van der Waals surface area contributed by atoms with Gasteiger partial charge in [0.1, 0.15) is 0 Å². The Morgan fingerprint density at radius 3 is 1.66 bits per heavy atom. The molecule has 3 amide bonds. The highest BCUT2D eigenvalue weighted by atomic mass is 16.2. The Morgan fingerprint density at radius 2 is 1.17 bits per heavy atom. The van der Waals surface area contributed by atoms with Crippen molar-refractivity contribution in [2.45, 2.75) is 6.42 Å². The van der Waals surface area contributed by atoms with Crippen LogP contribution in [0.1, 0.15) is 27.1 Å². The van der Waals surface area contributed by atoms with E-state index in [9.17, 15) is 14.4 Å². The fraction of sp³-hybridized carbons (Fsp3) is 0.0870. The van der Waals surface area contributed by atoms with Crippen molar-refractivity contribution in [2.24, 2.45) is 0 Å². The minimum absolute atomic E-state index is 0.00162. The Balaban J connectivity index is 1.46. The molecule has 0 atom stereocenters. The molecule has 29 heavy (non-hydrogen) atoms. The van der Waals surface area contributed by atoms with E-state index in [1.807, 2.05) is 60.7 Å². The Hall–Kier alpha value is -3.93. The van der Waals surface area contributed by atoms with Crippen LogP contribution in [0.15, 0.2) is 84.9 Å². The van der Waals surface area contributed by atoms with E-state index in [1.165, 1.54) is 0 Å². The van der Waals surface area contributed by atoms with Gasteiger partial charge in [0, 0.05) is 13.0 Å². The molecule has 0 aliphatic carbocycles. The fourth-order valence-corrected chi connectivity index (χ4v) is 3.27. The number of carbonyl (C=O) groups is 3. The van der Waals surface area contributed by atoms with Crippen LogP contribution in [0.4, 0.5) is 11.4 Å². The third-order valence-corrected chi connectivity index (χ3v) is 4.71. The number of nitrogens with one attached hydrogen (secondary N) is 1. The second kappa shape index (κ2) is 7.98. The third kappa shape index (κ3) is 3.73. The molecule has 4 rings (SSSR count). The van der Waals surface area contributed by atoms with Gasteiger partial charge in [-0.15, -0.1) is 0 Å². The van der Waals surface area contributed by atoms with Crippen molar-refractivity contribution in [1.82, 2.24) is 10.3 Å². The van der Waals surface area contributed by atoms with Gasteiger partial charge in [0.2, 0.25) is 5.91 Å². The smallest absolute Gasteiger partial charge is 0.261 e. The molecule has 0 saturated carbocycles. The van der Waals surface area contributed by atoms with Gasteiger partial charge in [0.25, 0.3) is 11.8 Å². The van der Waals surface area contributed by atoms with Gasteiger partial charge >= 0.3 is 0 Å². The number of hydrazine groups is 1. The van der Waals surface area contributed by atoms with Gasteiger partial charge in [0.05, 0.1) is 22.5 Å². The lowest BCUT2D eigenvalue weighted by Crippen LogP contribution is -2.41. The van der Waals surface area contributed by atoms with Gasteiger partial charge in [-0.2, -0.15) is 0 Å². The second-order valence-corrected chi connectivity index (χ2v) is 6.60. The number of hydrogen-bond acceptors (Lipinski definition) is 4. The normalized spacial score (nSPS) is 12.6. The Bertz CT molecular complexity index is 977. The molecule has 0 radical (unpaired) electrons. The van der Waals surface area contributed by atoms with Crippen molar-refractivity contribution < 1.29 is 14.4 Å². The van der Waals surface area contributed by atoms with Gasteiger partial charge < -0.3 is 0 Å². The number of carbonyl (C=O) groups excluding carboxylic acids is 3. The molecule has 3 aromatic rings. The molecule has 0 spiro atoms. The predicted molar refractivity (Wildman–Crippen MR) is 110 cm³/mol. The van der Waals surface area contributed by atoms with Crippen molar-refractivity contribution in [3.8, 4) is 0 Å². The van der Waals surface area contributed by atoms with Crippen LogP contribution in [0.25, 0.3) is 0 Å². The maximum atomic E-state index is 12.6. The zero-order chi connectivity index (χ0) is 20.2. The number of imide groups is 1. The van der Waals surface area contributed by atoms with Gasteiger partial charge in [-0.1, -0.05) is 48.5 Å².